The van der Waals surface area contributed by atoms with Gasteiger partial charge < -0.3 is 0 Å². The maximum absolute atomic E-state index is 12.4. The van der Waals surface area contributed by atoms with E-state index in [9.17, 15) is 12.3 Å². The summed E-state index contributed by atoms with van der Waals surface area (Å²) in [5.74, 6) is 0. The van der Waals surface area contributed by atoms with Crippen LogP contribution in [-0.2, 0) is 10.2 Å². The van der Waals surface area contributed by atoms with E-state index < -0.39 is 19.3 Å². The van der Waals surface area contributed by atoms with Crippen molar-refractivity contribution in [3.8, 4) is 0 Å². The molecule has 60 valence electrons. The van der Waals surface area contributed by atoms with Crippen LogP contribution in [0.5, 0.6) is 0 Å². The average molecular weight is 231 g/mol. The van der Waals surface area contributed by atoms with Gasteiger partial charge in [0, 0.05) is 0 Å². The second-order valence-corrected chi connectivity index (χ2v) is 6.68. The first-order valence-electron chi connectivity index (χ1n) is 2.84. The predicted molar refractivity (Wildman–Crippen MR) is 40.1 cm³/mol. The van der Waals surface area contributed by atoms with Crippen LogP contribution >= 0.6 is 15.9 Å². The Morgan fingerprint density at radius 2 is 1.80 bits per heavy atom. The SMILES string of the molecule is CC1(C)CC1(Br)S(=O)(=O)F. The minimum atomic E-state index is -4.42. The van der Waals surface area contributed by atoms with Crippen LogP contribution in [0.3, 0.4) is 0 Å². The topological polar surface area (TPSA) is 34.1 Å². The highest BCUT2D eigenvalue weighted by Gasteiger charge is 2.69. The van der Waals surface area contributed by atoms with E-state index in [1.807, 2.05) is 0 Å². The number of rotatable bonds is 1. The molecule has 0 heterocycles. The lowest BCUT2D eigenvalue weighted by atomic mass is 10.2. The van der Waals surface area contributed by atoms with Crippen molar-refractivity contribution >= 4 is 26.2 Å². The van der Waals surface area contributed by atoms with Crippen molar-refractivity contribution < 1.29 is 12.3 Å². The van der Waals surface area contributed by atoms with E-state index >= 15 is 0 Å². The van der Waals surface area contributed by atoms with Crippen LogP contribution in [-0.4, -0.2) is 12.1 Å². The Balaban J connectivity index is 3.00. The van der Waals surface area contributed by atoms with Gasteiger partial charge in [0.15, 0.2) is 3.66 Å². The van der Waals surface area contributed by atoms with Crippen LogP contribution in [0, 0.1) is 5.41 Å². The van der Waals surface area contributed by atoms with Crippen LogP contribution in [0.2, 0.25) is 0 Å². The lowest BCUT2D eigenvalue weighted by molar-refractivity contribution is 0.532. The molecular formula is C5H8BrFO2S. The highest BCUT2D eigenvalue weighted by molar-refractivity contribution is 9.11. The highest BCUT2D eigenvalue weighted by atomic mass is 79.9. The molecule has 0 aromatic carbocycles. The second kappa shape index (κ2) is 1.75. The molecule has 1 rings (SSSR count). The first-order chi connectivity index (χ1) is 4.21. The summed E-state index contributed by atoms with van der Waals surface area (Å²) in [6, 6.07) is 0. The van der Waals surface area contributed by atoms with Gasteiger partial charge in [-0.2, -0.15) is 8.42 Å². The van der Waals surface area contributed by atoms with Crippen LogP contribution in [0.15, 0.2) is 0 Å². The fourth-order valence-corrected chi connectivity index (χ4v) is 2.83. The van der Waals surface area contributed by atoms with E-state index in [1.54, 1.807) is 13.8 Å². The number of alkyl halides is 1. The summed E-state index contributed by atoms with van der Waals surface area (Å²) in [6.45, 7) is 3.41. The van der Waals surface area contributed by atoms with Gasteiger partial charge in [-0.1, -0.05) is 29.8 Å². The molecule has 0 aromatic rings. The van der Waals surface area contributed by atoms with E-state index in [0.29, 0.717) is 6.42 Å². The maximum Gasteiger partial charge on any atom is 0.318 e. The number of hydrogen-bond donors (Lipinski definition) is 0. The fourth-order valence-electron chi connectivity index (χ4n) is 0.940. The second-order valence-electron chi connectivity index (χ2n) is 3.23. The summed E-state index contributed by atoms with van der Waals surface area (Å²) >= 11 is 2.87. The average Bonchev–Trinajstić information content (AvgIpc) is 2.05. The molecule has 5 heteroatoms. The van der Waals surface area contributed by atoms with Crippen molar-refractivity contribution in [1.82, 2.24) is 0 Å². The predicted octanol–water partition coefficient (Wildman–Crippen LogP) is 1.81. The molecule has 1 aliphatic rings. The lowest BCUT2D eigenvalue weighted by Crippen LogP contribution is -2.16. The minimum Gasteiger partial charge on any atom is -0.193 e. The molecule has 0 N–H and O–H groups in total. The third kappa shape index (κ3) is 0.906. The molecule has 1 aliphatic carbocycles. The quantitative estimate of drug-likeness (QED) is 0.509. The normalized spacial score (nSPS) is 37.6. The van der Waals surface area contributed by atoms with Gasteiger partial charge in [-0.25, -0.2) is 0 Å². The largest absolute Gasteiger partial charge is 0.318 e. The van der Waals surface area contributed by atoms with Crippen LogP contribution in [0.4, 0.5) is 3.89 Å². The zero-order valence-electron chi connectivity index (χ0n) is 5.69. The van der Waals surface area contributed by atoms with Gasteiger partial charge in [0.2, 0.25) is 0 Å². The molecule has 0 radical (unpaired) electrons. The van der Waals surface area contributed by atoms with Gasteiger partial charge in [0.1, 0.15) is 0 Å². The zero-order chi connectivity index (χ0) is 8.21. The molecule has 10 heavy (non-hydrogen) atoms. The summed E-state index contributed by atoms with van der Waals surface area (Å²) in [5.41, 5.74) is -0.458. The Labute approximate surface area is 68.1 Å². The fraction of sp³-hybridized carbons (Fsp3) is 1.00. The Kier molecular flexibility index (Phi) is 1.48. The van der Waals surface area contributed by atoms with Gasteiger partial charge in [0.25, 0.3) is 0 Å². The van der Waals surface area contributed by atoms with Crippen molar-refractivity contribution in [3.63, 3.8) is 0 Å². The van der Waals surface area contributed by atoms with Crippen molar-refractivity contribution in [2.75, 3.05) is 0 Å². The molecule has 1 unspecified atom stereocenters. The zero-order valence-corrected chi connectivity index (χ0v) is 8.09. The van der Waals surface area contributed by atoms with E-state index in [0.717, 1.165) is 0 Å². The maximum atomic E-state index is 12.4. The third-order valence-electron chi connectivity index (χ3n) is 1.94. The molecule has 2 nitrogen and oxygen atoms in total. The van der Waals surface area contributed by atoms with Crippen molar-refractivity contribution in [2.24, 2.45) is 5.41 Å². The summed E-state index contributed by atoms with van der Waals surface area (Å²) in [7, 11) is -4.42. The Morgan fingerprint density at radius 1 is 1.50 bits per heavy atom. The molecule has 0 amide bonds. The molecule has 1 fully saturated rings. The molecule has 0 saturated heterocycles. The van der Waals surface area contributed by atoms with Gasteiger partial charge in [-0.15, -0.1) is 3.89 Å². The molecule has 0 bridgehead atoms. The summed E-state index contributed by atoms with van der Waals surface area (Å²) < 4.78 is 31.9. The Bertz CT molecular complexity index is 259. The third-order valence-corrected chi connectivity index (χ3v) is 5.93. The number of halogens is 2. The first-order valence-corrected chi connectivity index (χ1v) is 5.01. The first kappa shape index (κ1) is 8.46. The molecule has 0 aliphatic heterocycles. The molecular weight excluding hydrogens is 223 g/mol. The van der Waals surface area contributed by atoms with Crippen LogP contribution in [0.25, 0.3) is 0 Å². The summed E-state index contributed by atoms with van der Waals surface area (Å²) in [6.07, 6.45) is 0.346. The van der Waals surface area contributed by atoms with Gasteiger partial charge in [-0.3, -0.25) is 0 Å². The van der Waals surface area contributed by atoms with E-state index in [4.69, 9.17) is 0 Å². The molecule has 1 saturated carbocycles. The van der Waals surface area contributed by atoms with E-state index in [1.165, 1.54) is 0 Å². The molecule has 0 spiro atoms. The molecule has 1 atom stereocenters. The smallest absolute Gasteiger partial charge is 0.193 e. The monoisotopic (exact) mass is 230 g/mol. The van der Waals surface area contributed by atoms with E-state index in [-0.39, 0.29) is 0 Å². The minimum absolute atomic E-state index is 0.346. The van der Waals surface area contributed by atoms with Crippen LogP contribution in [0.1, 0.15) is 20.3 Å². The Morgan fingerprint density at radius 3 is 1.80 bits per heavy atom. The standard InChI is InChI=1S/C5H8BrFO2S/c1-4(2)3-5(4,6)10(7,8)9/h3H2,1-2H3. The lowest BCUT2D eigenvalue weighted by Gasteiger charge is -2.05. The van der Waals surface area contributed by atoms with Gasteiger partial charge in [-0.05, 0) is 11.8 Å². The van der Waals surface area contributed by atoms with Crippen LogP contribution < -0.4 is 0 Å². The van der Waals surface area contributed by atoms with Crippen molar-refractivity contribution in [3.05, 3.63) is 0 Å². The van der Waals surface area contributed by atoms with Crippen molar-refractivity contribution in [1.29, 1.82) is 0 Å². The molecule has 0 aromatic heterocycles. The van der Waals surface area contributed by atoms with Gasteiger partial charge in [0.05, 0.1) is 0 Å². The van der Waals surface area contributed by atoms with Gasteiger partial charge >= 0.3 is 10.2 Å². The van der Waals surface area contributed by atoms with E-state index in [2.05, 4.69) is 15.9 Å². The highest BCUT2D eigenvalue weighted by Crippen LogP contribution is 2.65. The van der Waals surface area contributed by atoms with Crippen molar-refractivity contribution in [2.45, 2.75) is 23.9 Å². The summed E-state index contributed by atoms with van der Waals surface area (Å²) in [5, 5.41) is 0. The number of hydrogen-bond acceptors (Lipinski definition) is 2. The Hall–Kier alpha value is 0.360. The summed E-state index contributed by atoms with van der Waals surface area (Å²) in [4.78, 5) is 0.